The molecule has 0 saturated heterocycles. The summed E-state index contributed by atoms with van der Waals surface area (Å²) in [4.78, 5) is 14.1. The lowest BCUT2D eigenvalue weighted by molar-refractivity contribution is -0.116. The maximum absolute atomic E-state index is 12.9. The third-order valence-electron chi connectivity index (χ3n) is 3.59. The van der Waals surface area contributed by atoms with Gasteiger partial charge in [-0.25, -0.2) is 4.39 Å². The molecule has 0 unspecified atom stereocenters. The van der Waals surface area contributed by atoms with Crippen LogP contribution < -0.4 is 11.1 Å². The van der Waals surface area contributed by atoms with Crippen molar-refractivity contribution < 1.29 is 14.3 Å². The van der Waals surface area contributed by atoms with Crippen LogP contribution in [0.2, 0.25) is 0 Å². The first-order chi connectivity index (χ1) is 10.1. The van der Waals surface area contributed by atoms with Gasteiger partial charge in [0.05, 0.1) is 18.0 Å². The minimum Gasteiger partial charge on any atom is -0.397 e. The number of benzene rings is 1. The van der Waals surface area contributed by atoms with E-state index in [9.17, 15) is 9.18 Å². The normalized spacial score (nSPS) is 14.4. The number of hydrogen-bond donors (Lipinski definition) is 3. The van der Waals surface area contributed by atoms with Gasteiger partial charge in [-0.1, -0.05) is 0 Å². The van der Waals surface area contributed by atoms with Gasteiger partial charge < -0.3 is 16.2 Å². The summed E-state index contributed by atoms with van der Waals surface area (Å²) in [6, 6.07) is 4.49. The molecule has 0 bridgehead atoms. The predicted molar refractivity (Wildman–Crippen MR) is 80.4 cm³/mol. The van der Waals surface area contributed by atoms with E-state index in [4.69, 9.17) is 10.8 Å². The quantitative estimate of drug-likeness (QED) is 0.636. The fourth-order valence-electron chi connectivity index (χ4n) is 2.35. The van der Waals surface area contributed by atoms with Crippen LogP contribution >= 0.6 is 0 Å². The third kappa shape index (κ3) is 4.99. The number of carbonyl (C=O) groups is 1. The molecular formula is C15H22FN3O2. The summed E-state index contributed by atoms with van der Waals surface area (Å²) in [5.41, 5.74) is 6.31. The first-order valence-corrected chi connectivity index (χ1v) is 7.30. The van der Waals surface area contributed by atoms with Gasteiger partial charge in [0.25, 0.3) is 0 Å². The van der Waals surface area contributed by atoms with Gasteiger partial charge in [-0.15, -0.1) is 0 Å². The van der Waals surface area contributed by atoms with Gasteiger partial charge in [0, 0.05) is 19.0 Å². The zero-order valence-electron chi connectivity index (χ0n) is 12.0. The topological polar surface area (TPSA) is 78.6 Å². The molecule has 0 aromatic heterocycles. The number of nitrogens with two attached hydrogens (primary N) is 1. The van der Waals surface area contributed by atoms with Crippen molar-refractivity contribution in [1.82, 2.24) is 4.90 Å². The molecule has 2 rings (SSSR count). The number of aliphatic hydroxyl groups excluding tert-OH is 1. The van der Waals surface area contributed by atoms with Crippen LogP contribution in [0.25, 0.3) is 0 Å². The van der Waals surface area contributed by atoms with Gasteiger partial charge in [-0.05, 0) is 44.0 Å². The second-order valence-electron chi connectivity index (χ2n) is 5.37. The Morgan fingerprint density at radius 2 is 2.19 bits per heavy atom. The zero-order valence-corrected chi connectivity index (χ0v) is 12.0. The number of rotatable bonds is 8. The molecule has 1 aliphatic carbocycles. The minimum absolute atomic E-state index is 0.131. The average Bonchev–Trinajstić information content (AvgIpc) is 3.25. The van der Waals surface area contributed by atoms with E-state index in [1.807, 2.05) is 0 Å². The highest BCUT2D eigenvalue weighted by Crippen LogP contribution is 2.26. The van der Waals surface area contributed by atoms with E-state index in [0.29, 0.717) is 24.7 Å². The molecule has 116 valence electrons. The fourth-order valence-corrected chi connectivity index (χ4v) is 2.35. The molecule has 1 saturated carbocycles. The number of nitrogen functional groups attached to an aromatic ring is 1. The number of nitrogens with one attached hydrogen (secondary N) is 1. The number of amides is 1. The molecule has 4 N–H and O–H groups in total. The van der Waals surface area contributed by atoms with Crippen molar-refractivity contribution in [2.45, 2.75) is 31.7 Å². The Labute approximate surface area is 123 Å². The summed E-state index contributed by atoms with van der Waals surface area (Å²) >= 11 is 0. The van der Waals surface area contributed by atoms with Gasteiger partial charge in [0.2, 0.25) is 5.91 Å². The van der Waals surface area contributed by atoms with Gasteiger partial charge in [0.1, 0.15) is 5.82 Å². The lowest BCUT2D eigenvalue weighted by atomic mass is 10.2. The Bertz CT molecular complexity index is 492. The second-order valence-corrected chi connectivity index (χ2v) is 5.37. The summed E-state index contributed by atoms with van der Waals surface area (Å²) in [5.74, 6) is -0.553. The summed E-state index contributed by atoms with van der Waals surface area (Å²) in [6.07, 6.45) is 3.46. The van der Waals surface area contributed by atoms with Crippen LogP contribution in [0, 0.1) is 5.82 Å². The monoisotopic (exact) mass is 295 g/mol. The summed E-state index contributed by atoms with van der Waals surface area (Å²) in [6.45, 7) is 1.61. The Kier molecular flexibility index (Phi) is 5.52. The Morgan fingerprint density at radius 1 is 1.43 bits per heavy atom. The first kappa shape index (κ1) is 15.7. The number of nitrogens with zero attached hydrogens (tertiary/aromatic N) is 1. The van der Waals surface area contributed by atoms with Crippen LogP contribution in [0.4, 0.5) is 15.8 Å². The minimum atomic E-state index is -0.422. The molecule has 1 aromatic rings. The lowest BCUT2D eigenvalue weighted by Gasteiger charge is -2.20. The molecule has 0 heterocycles. The van der Waals surface area contributed by atoms with Crippen molar-refractivity contribution in [3.05, 3.63) is 24.0 Å². The van der Waals surface area contributed by atoms with E-state index in [0.717, 1.165) is 13.0 Å². The van der Waals surface area contributed by atoms with Crippen molar-refractivity contribution >= 4 is 17.3 Å². The molecule has 1 amide bonds. The highest BCUT2D eigenvalue weighted by molar-refractivity contribution is 5.93. The predicted octanol–water partition coefficient (Wildman–Crippen LogP) is 1.58. The lowest BCUT2D eigenvalue weighted by Crippen LogP contribution is -2.30. The van der Waals surface area contributed by atoms with Gasteiger partial charge in [0.15, 0.2) is 0 Å². The number of halogens is 1. The van der Waals surface area contributed by atoms with Crippen LogP contribution in [-0.4, -0.2) is 41.7 Å². The molecule has 0 spiro atoms. The highest BCUT2D eigenvalue weighted by atomic mass is 19.1. The Hall–Kier alpha value is -1.66. The molecule has 0 atom stereocenters. The van der Waals surface area contributed by atoms with Crippen LogP contribution in [0.5, 0.6) is 0 Å². The Balaban J connectivity index is 1.74. The van der Waals surface area contributed by atoms with Crippen molar-refractivity contribution in [3.63, 3.8) is 0 Å². The Morgan fingerprint density at radius 3 is 2.81 bits per heavy atom. The van der Waals surface area contributed by atoms with Crippen LogP contribution in [0.3, 0.4) is 0 Å². The van der Waals surface area contributed by atoms with Gasteiger partial charge in [-0.3, -0.25) is 9.69 Å². The van der Waals surface area contributed by atoms with E-state index in [1.54, 1.807) is 0 Å². The zero-order chi connectivity index (χ0) is 15.2. The molecule has 0 aliphatic heterocycles. The maximum Gasteiger partial charge on any atom is 0.224 e. The molecule has 1 aliphatic rings. The molecule has 1 aromatic carbocycles. The molecule has 5 nitrogen and oxygen atoms in total. The maximum atomic E-state index is 12.9. The average molecular weight is 295 g/mol. The van der Waals surface area contributed by atoms with Crippen LogP contribution in [0.15, 0.2) is 18.2 Å². The number of hydrogen-bond acceptors (Lipinski definition) is 4. The van der Waals surface area contributed by atoms with Crippen molar-refractivity contribution in [2.75, 3.05) is 30.7 Å². The van der Waals surface area contributed by atoms with Crippen molar-refractivity contribution in [2.24, 2.45) is 0 Å². The van der Waals surface area contributed by atoms with Crippen molar-refractivity contribution in [1.29, 1.82) is 0 Å². The smallest absolute Gasteiger partial charge is 0.224 e. The number of anilines is 2. The standard InChI is InChI=1S/C15H22FN3O2/c16-11-3-6-14(13(17)10-11)18-15(21)2-1-7-19(8-9-20)12-4-5-12/h3,6,10,12,20H,1-2,4-5,7-9,17H2,(H,18,21). The molecule has 0 radical (unpaired) electrons. The summed E-state index contributed by atoms with van der Waals surface area (Å²) < 4.78 is 12.9. The van der Waals surface area contributed by atoms with Crippen LogP contribution in [-0.2, 0) is 4.79 Å². The van der Waals surface area contributed by atoms with Gasteiger partial charge in [-0.2, -0.15) is 0 Å². The van der Waals surface area contributed by atoms with E-state index < -0.39 is 5.82 Å². The number of aliphatic hydroxyl groups is 1. The third-order valence-corrected chi connectivity index (χ3v) is 3.59. The van der Waals surface area contributed by atoms with Gasteiger partial charge >= 0.3 is 0 Å². The highest BCUT2D eigenvalue weighted by Gasteiger charge is 2.27. The largest absolute Gasteiger partial charge is 0.397 e. The molecular weight excluding hydrogens is 273 g/mol. The van der Waals surface area contributed by atoms with Crippen molar-refractivity contribution in [3.8, 4) is 0 Å². The van der Waals surface area contributed by atoms with E-state index >= 15 is 0 Å². The molecule has 1 fully saturated rings. The van der Waals surface area contributed by atoms with E-state index in [-0.39, 0.29) is 18.2 Å². The summed E-state index contributed by atoms with van der Waals surface area (Å²) in [5, 5.41) is 11.7. The first-order valence-electron chi connectivity index (χ1n) is 7.30. The second kappa shape index (κ2) is 7.38. The van der Waals surface area contributed by atoms with Crippen LogP contribution in [0.1, 0.15) is 25.7 Å². The molecule has 6 heteroatoms. The molecule has 21 heavy (non-hydrogen) atoms. The fraction of sp³-hybridized carbons (Fsp3) is 0.533. The SMILES string of the molecule is Nc1cc(F)ccc1NC(=O)CCCN(CCO)C1CC1. The summed E-state index contributed by atoms with van der Waals surface area (Å²) in [7, 11) is 0. The van der Waals surface area contributed by atoms with E-state index in [2.05, 4.69) is 10.2 Å². The number of carbonyl (C=O) groups excluding carboxylic acids is 1. The van der Waals surface area contributed by atoms with E-state index in [1.165, 1.54) is 31.0 Å².